The van der Waals surface area contributed by atoms with E-state index in [0.717, 1.165) is 37.1 Å². The van der Waals surface area contributed by atoms with Crippen molar-refractivity contribution in [1.29, 1.82) is 0 Å². The molecule has 24 heavy (non-hydrogen) atoms. The lowest BCUT2D eigenvalue weighted by atomic mass is 9.98. The molecule has 0 bridgehead atoms. The van der Waals surface area contributed by atoms with E-state index in [2.05, 4.69) is 29.4 Å². The van der Waals surface area contributed by atoms with Crippen LogP contribution in [0.25, 0.3) is 0 Å². The summed E-state index contributed by atoms with van der Waals surface area (Å²) in [4.78, 5) is 14.2. The molecular weight excluding hydrogens is 310 g/mol. The molecule has 2 aromatic carbocycles. The maximum Gasteiger partial charge on any atom is 0.257 e. The zero-order valence-corrected chi connectivity index (χ0v) is 13.6. The molecule has 0 spiro atoms. The normalized spacial score (nSPS) is 13.5. The number of halogens is 2. The number of nitrogens with one attached hydrogen (secondary N) is 1. The Morgan fingerprint density at radius 1 is 1.21 bits per heavy atom. The number of aryl methyl sites for hydroxylation is 1. The molecule has 1 aliphatic rings. The van der Waals surface area contributed by atoms with Gasteiger partial charge in [0.05, 0.1) is 0 Å². The summed E-state index contributed by atoms with van der Waals surface area (Å²) in [5.74, 6) is -2.41. The number of hydrogen-bond acceptors (Lipinski definition) is 2. The maximum absolute atomic E-state index is 13.6. The molecule has 1 N–H and O–H groups in total. The molecule has 0 fully saturated rings. The van der Waals surface area contributed by atoms with Gasteiger partial charge in [-0.25, -0.2) is 8.78 Å². The topological polar surface area (TPSA) is 32.3 Å². The Morgan fingerprint density at radius 3 is 2.71 bits per heavy atom. The molecule has 3 rings (SSSR count). The number of rotatable bonds is 4. The average Bonchev–Trinajstić information content (AvgIpc) is 2.55. The van der Waals surface area contributed by atoms with E-state index in [1.165, 1.54) is 17.3 Å². The molecular formula is C19H20F2N2O. The van der Waals surface area contributed by atoms with E-state index in [1.54, 1.807) is 0 Å². The smallest absolute Gasteiger partial charge is 0.257 e. The standard InChI is InChI=1S/C19H20F2N2O/c1-23-11-3-4-14-12-13(7-8-17(14)23)9-10-22-19(24)18-15(20)5-2-6-16(18)21/h2,5-8,12H,3-4,9-11H2,1H3,(H,22,24). The van der Waals surface area contributed by atoms with Gasteiger partial charge < -0.3 is 10.2 Å². The molecule has 126 valence electrons. The molecule has 0 aliphatic carbocycles. The highest BCUT2D eigenvalue weighted by molar-refractivity contribution is 5.94. The van der Waals surface area contributed by atoms with Crippen molar-refractivity contribution < 1.29 is 13.6 Å². The van der Waals surface area contributed by atoms with E-state index in [1.807, 2.05) is 6.07 Å². The lowest BCUT2D eigenvalue weighted by Gasteiger charge is -2.27. The summed E-state index contributed by atoms with van der Waals surface area (Å²) in [6, 6.07) is 9.70. The van der Waals surface area contributed by atoms with Crippen LogP contribution in [0.2, 0.25) is 0 Å². The van der Waals surface area contributed by atoms with Crippen LogP contribution in [0, 0.1) is 11.6 Å². The maximum atomic E-state index is 13.6. The largest absolute Gasteiger partial charge is 0.374 e. The Morgan fingerprint density at radius 2 is 1.96 bits per heavy atom. The monoisotopic (exact) mass is 330 g/mol. The van der Waals surface area contributed by atoms with E-state index in [-0.39, 0.29) is 0 Å². The summed E-state index contributed by atoms with van der Waals surface area (Å²) in [5.41, 5.74) is 3.15. The summed E-state index contributed by atoms with van der Waals surface area (Å²) >= 11 is 0. The van der Waals surface area contributed by atoms with Gasteiger partial charge in [-0.3, -0.25) is 4.79 Å². The molecule has 2 aromatic rings. The number of fused-ring (bicyclic) bond motifs is 1. The van der Waals surface area contributed by atoms with E-state index in [0.29, 0.717) is 13.0 Å². The van der Waals surface area contributed by atoms with Gasteiger partial charge in [0, 0.05) is 25.8 Å². The third-order valence-electron chi connectivity index (χ3n) is 4.38. The number of carbonyl (C=O) groups is 1. The van der Waals surface area contributed by atoms with Crippen LogP contribution >= 0.6 is 0 Å². The fourth-order valence-electron chi connectivity index (χ4n) is 3.12. The SMILES string of the molecule is CN1CCCc2cc(CCNC(=O)c3c(F)cccc3F)ccc21. The second kappa shape index (κ2) is 6.99. The van der Waals surface area contributed by atoms with Crippen LogP contribution in [-0.2, 0) is 12.8 Å². The second-order valence-electron chi connectivity index (χ2n) is 6.09. The van der Waals surface area contributed by atoms with Gasteiger partial charge in [-0.1, -0.05) is 18.2 Å². The van der Waals surface area contributed by atoms with Crippen LogP contribution in [-0.4, -0.2) is 26.0 Å². The van der Waals surface area contributed by atoms with Gasteiger partial charge in [-0.15, -0.1) is 0 Å². The molecule has 3 nitrogen and oxygen atoms in total. The molecule has 0 saturated heterocycles. The van der Waals surface area contributed by atoms with E-state index >= 15 is 0 Å². The number of anilines is 1. The molecule has 1 aliphatic heterocycles. The minimum absolute atomic E-state index is 0.335. The minimum atomic E-state index is -0.843. The highest BCUT2D eigenvalue weighted by Crippen LogP contribution is 2.26. The zero-order chi connectivity index (χ0) is 17.1. The van der Waals surface area contributed by atoms with Crippen molar-refractivity contribution in [3.05, 3.63) is 64.7 Å². The first-order chi connectivity index (χ1) is 11.6. The van der Waals surface area contributed by atoms with Gasteiger partial charge in [-0.05, 0) is 48.6 Å². The molecule has 0 unspecified atom stereocenters. The van der Waals surface area contributed by atoms with E-state index in [9.17, 15) is 13.6 Å². The van der Waals surface area contributed by atoms with Crippen LogP contribution in [0.15, 0.2) is 36.4 Å². The van der Waals surface area contributed by atoms with Gasteiger partial charge >= 0.3 is 0 Å². The lowest BCUT2D eigenvalue weighted by molar-refractivity contribution is 0.0945. The van der Waals surface area contributed by atoms with Crippen LogP contribution < -0.4 is 10.2 Å². The van der Waals surface area contributed by atoms with Gasteiger partial charge in [0.15, 0.2) is 0 Å². The third-order valence-corrected chi connectivity index (χ3v) is 4.38. The summed E-state index contributed by atoms with van der Waals surface area (Å²) in [6.45, 7) is 1.40. The van der Waals surface area contributed by atoms with Crippen LogP contribution in [0.4, 0.5) is 14.5 Å². The predicted molar refractivity (Wildman–Crippen MR) is 90.4 cm³/mol. The zero-order valence-electron chi connectivity index (χ0n) is 13.6. The van der Waals surface area contributed by atoms with Crippen LogP contribution in [0.5, 0.6) is 0 Å². The predicted octanol–water partition coefficient (Wildman–Crippen LogP) is 3.32. The fraction of sp³-hybridized carbons (Fsp3) is 0.316. The molecule has 0 saturated carbocycles. The van der Waals surface area contributed by atoms with Crippen molar-refractivity contribution in [2.24, 2.45) is 0 Å². The summed E-state index contributed by atoms with van der Waals surface area (Å²) < 4.78 is 27.1. The first kappa shape index (κ1) is 16.4. The first-order valence-corrected chi connectivity index (χ1v) is 8.11. The van der Waals surface area contributed by atoms with Crippen LogP contribution in [0.3, 0.4) is 0 Å². The Bertz CT molecular complexity index is 741. The summed E-state index contributed by atoms with van der Waals surface area (Å²) in [6.07, 6.45) is 2.81. The summed E-state index contributed by atoms with van der Waals surface area (Å²) in [5, 5.41) is 2.59. The van der Waals surface area contributed by atoms with Crippen molar-refractivity contribution in [1.82, 2.24) is 5.32 Å². The second-order valence-corrected chi connectivity index (χ2v) is 6.09. The number of nitrogens with zero attached hydrogens (tertiary/aromatic N) is 1. The number of hydrogen-bond donors (Lipinski definition) is 1. The molecule has 1 amide bonds. The van der Waals surface area contributed by atoms with Crippen molar-refractivity contribution in [3.63, 3.8) is 0 Å². The first-order valence-electron chi connectivity index (χ1n) is 8.11. The molecule has 0 radical (unpaired) electrons. The molecule has 5 heteroatoms. The average molecular weight is 330 g/mol. The molecule has 1 heterocycles. The number of carbonyl (C=O) groups excluding carboxylic acids is 1. The molecule has 0 aromatic heterocycles. The van der Waals surface area contributed by atoms with Gasteiger partial charge in [0.2, 0.25) is 0 Å². The molecule has 0 atom stereocenters. The quantitative estimate of drug-likeness (QED) is 0.933. The Labute approximate surface area is 140 Å². The summed E-state index contributed by atoms with van der Waals surface area (Å²) in [7, 11) is 2.08. The Hall–Kier alpha value is -2.43. The van der Waals surface area contributed by atoms with Crippen molar-refractivity contribution in [3.8, 4) is 0 Å². The van der Waals surface area contributed by atoms with Crippen molar-refractivity contribution in [2.45, 2.75) is 19.3 Å². The van der Waals surface area contributed by atoms with E-state index < -0.39 is 23.1 Å². The van der Waals surface area contributed by atoms with Gasteiger partial charge in [-0.2, -0.15) is 0 Å². The van der Waals surface area contributed by atoms with Crippen molar-refractivity contribution >= 4 is 11.6 Å². The highest BCUT2D eigenvalue weighted by Gasteiger charge is 2.17. The van der Waals surface area contributed by atoms with Gasteiger partial charge in [0.25, 0.3) is 5.91 Å². The van der Waals surface area contributed by atoms with Crippen molar-refractivity contribution in [2.75, 3.05) is 25.0 Å². The highest BCUT2D eigenvalue weighted by atomic mass is 19.1. The third kappa shape index (κ3) is 3.40. The minimum Gasteiger partial charge on any atom is -0.374 e. The van der Waals surface area contributed by atoms with E-state index in [4.69, 9.17) is 0 Å². The number of benzene rings is 2. The Balaban J connectivity index is 1.62. The van der Waals surface area contributed by atoms with Gasteiger partial charge in [0.1, 0.15) is 17.2 Å². The Kier molecular flexibility index (Phi) is 4.79. The lowest BCUT2D eigenvalue weighted by Crippen LogP contribution is -2.28. The fourth-order valence-corrected chi connectivity index (χ4v) is 3.12. The number of amides is 1. The van der Waals surface area contributed by atoms with Crippen LogP contribution in [0.1, 0.15) is 27.9 Å².